The lowest BCUT2D eigenvalue weighted by atomic mass is 9.83. The molecule has 6 heteroatoms. The Bertz CT molecular complexity index is 615. The second-order valence-electron chi connectivity index (χ2n) is 8.26. The van der Waals surface area contributed by atoms with Gasteiger partial charge in [-0.25, -0.2) is 4.48 Å². The maximum atomic E-state index is 12.3. The van der Waals surface area contributed by atoms with Crippen molar-refractivity contribution in [2.24, 2.45) is 16.3 Å². The van der Waals surface area contributed by atoms with Crippen LogP contribution in [0.25, 0.3) is 0 Å². The summed E-state index contributed by atoms with van der Waals surface area (Å²) in [6.07, 6.45) is 0.841. The van der Waals surface area contributed by atoms with Crippen LogP contribution in [-0.2, 0) is 4.79 Å². The monoisotopic (exact) mass is 323 g/mol. The maximum Gasteiger partial charge on any atom is 0.514 e. The molecule has 3 atom stereocenters. The topological polar surface area (TPSA) is 87.0 Å². The van der Waals surface area contributed by atoms with Crippen molar-refractivity contribution in [1.29, 1.82) is 0 Å². The second-order valence-corrected chi connectivity index (χ2v) is 8.26. The predicted molar refractivity (Wildman–Crippen MR) is 87.7 cm³/mol. The molecule has 2 heterocycles. The number of carboxylic acids is 1. The standard InChI is InChI=1S/C17H26N2O4/c1-10(2)13-12-11(7-17(6,9-18-12)14(20)21)8-19(13,15(22)23)16(3,4)5/h7,10,13H,8-9H2,1-6H3,(H-,20,21,22,23)/p+1/t13?,17?,19-/m1/s1. The molecule has 2 rings (SSSR count). The number of quaternary nitrogens is 1. The Kier molecular flexibility index (Phi) is 3.96. The molecule has 128 valence electrons. The zero-order valence-electron chi connectivity index (χ0n) is 14.8. The van der Waals surface area contributed by atoms with Gasteiger partial charge in [-0.05, 0) is 27.7 Å². The van der Waals surface area contributed by atoms with Crippen molar-refractivity contribution in [2.75, 3.05) is 13.1 Å². The summed E-state index contributed by atoms with van der Waals surface area (Å²) in [5.41, 5.74) is -0.0362. The lowest BCUT2D eigenvalue weighted by Gasteiger charge is -2.45. The minimum Gasteiger partial charge on any atom is -0.481 e. The first-order valence-corrected chi connectivity index (χ1v) is 7.98. The number of carbonyl (C=O) groups is 2. The second kappa shape index (κ2) is 5.16. The summed E-state index contributed by atoms with van der Waals surface area (Å²) < 4.78 is -0.134. The fourth-order valence-electron chi connectivity index (χ4n) is 3.92. The number of nitrogens with zero attached hydrogens (tertiary/aromatic N) is 2. The van der Waals surface area contributed by atoms with Crippen LogP contribution in [0.4, 0.5) is 4.79 Å². The molecular weight excluding hydrogens is 296 g/mol. The Labute approximate surface area is 137 Å². The van der Waals surface area contributed by atoms with E-state index in [9.17, 15) is 19.8 Å². The van der Waals surface area contributed by atoms with E-state index in [1.165, 1.54) is 0 Å². The highest BCUT2D eigenvalue weighted by molar-refractivity contribution is 6.08. The normalized spacial score (nSPS) is 34.0. The van der Waals surface area contributed by atoms with Crippen LogP contribution in [0.5, 0.6) is 0 Å². The van der Waals surface area contributed by atoms with Crippen LogP contribution in [0.2, 0.25) is 0 Å². The third-order valence-corrected chi connectivity index (χ3v) is 5.23. The van der Waals surface area contributed by atoms with Crippen LogP contribution < -0.4 is 0 Å². The van der Waals surface area contributed by atoms with E-state index in [0.29, 0.717) is 0 Å². The minimum atomic E-state index is -1.06. The van der Waals surface area contributed by atoms with Crippen molar-refractivity contribution < 1.29 is 24.3 Å². The lowest BCUT2D eigenvalue weighted by molar-refractivity contribution is -0.909. The summed E-state index contributed by atoms with van der Waals surface area (Å²) in [5.74, 6) is -0.839. The number of carboxylic acid groups (broad SMARTS) is 2. The maximum absolute atomic E-state index is 12.3. The zero-order chi connectivity index (χ0) is 17.8. The van der Waals surface area contributed by atoms with E-state index in [4.69, 9.17) is 0 Å². The van der Waals surface area contributed by atoms with Crippen molar-refractivity contribution in [1.82, 2.24) is 0 Å². The van der Waals surface area contributed by atoms with Crippen LogP contribution in [0.15, 0.2) is 16.6 Å². The smallest absolute Gasteiger partial charge is 0.481 e. The first kappa shape index (κ1) is 17.7. The van der Waals surface area contributed by atoms with Crippen LogP contribution in [0.1, 0.15) is 41.5 Å². The van der Waals surface area contributed by atoms with Gasteiger partial charge in [-0.3, -0.25) is 9.79 Å². The number of rotatable bonds is 2. The van der Waals surface area contributed by atoms with E-state index in [2.05, 4.69) is 4.99 Å². The predicted octanol–water partition coefficient (Wildman–Crippen LogP) is 2.79. The number of dihydropyridines is 1. The highest BCUT2D eigenvalue weighted by Gasteiger charge is 2.62. The van der Waals surface area contributed by atoms with E-state index in [1.54, 1.807) is 13.0 Å². The lowest BCUT2D eigenvalue weighted by Crippen LogP contribution is -2.67. The van der Waals surface area contributed by atoms with E-state index < -0.39 is 23.0 Å². The molecule has 23 heavy (non-hydrogen) atoms. The van der Waals surface area contributed by atoms with Gasteiger partial charge in [0.15, 0.2) is 0 Å². The number of aliphatic carboxylic acids is 1. The molecule has 0 aliphatic carbocycles. The summed E-state index contributed by atoms with van der Waals surface area (Å²) in [6, 6.07) is -0.267. The Balaban J connectivity index is 2.66. The molecule has 1 saturated heterocycles. The summed E-state index contributed by atoms with van der Waals surface area (Å²) in [7, 11) is 0. The molecule has 2 unspecified atom stereocenters. The van der Waals surface area contributed by atoms with Crippen LogP contribution in [-0.4, -0.2) is 57.1 Å². The van der Waals surface area contributed by atoms with Gasteiger partial charge in [-0.15, -0.1) is 0 Å². The molecule has 2 aliphatic heterocycles. The van der Waals surface area contributed by atoms with E-state index >= 15 is 0 Å². The van der Waals surface area contributed by atoms with Crippen LogP contribution in [0.3, 0.4) is 0 Å². The number of hydrogen-bond acceptors (Lipinski definition) is 3. The van der Waals surface area contributed by atoms with Crippen molar-refractivity contribution in [3.05, 3.63) is 11.6 Å². The third kappa shape index (κ3) is 2.40. The fourth-order valence-corrected chi connectivity index (χ4v) is 3.92. The average molecular weight is 323 g/mol. The fraction of sp³-hybridized carbons (Fsp3) is 0.706. The van der Waals surface area contributed by atoms with Gasteiger partial charge in [-0.1, -0.05) is 19.9 Å². The minimum absolute atomic E-state index is 0.0872. The molecule has 2 N–H and O–H groups in total. The molecule has 1 fully saturated rings. The van der Waals surface area contributed by atoms with Crippen molar-refractivity contribution >= 4 is 17.8 Å². The SMILES string of the molecule is CC(C)C1C2=NCC(C)(C(=O)O)C=C2C[N@@+]1(C(=O)O)C(C)(C)C. The van der Waals surface area contributed by atoms with E-state index in [1.807, 2.05) is 34.6 Å². The van der Waals surface area contributed by atoms with Gasteiger partial charge in [-0.2, -0.15) is 4.79 Å². The summed E-state index contributed by atoms with van der Waals surface area (Å²) in [6.45, 7) is 11.9. The Morgan fingerprint density at radius 1 is 1.35 bits per heavy atom. The molecule has 2 aliphatic rings. The first-order valence-electron chi connectivity index (χ1n) is 7.98. The number of likely N-dealkylation sites (tertiary alicyclic amines) is 1. The Hall–Kier alpha value is -1.69. The van der Waals surface area contributed by atoms with Crippen LogP contribution in [0, 0.1) is 11.3 Å². The summed E-state index contributed by atoms with van der Waals surface area (Å²) >= 11 is 0. The van der Waals surface area contributed by atoms with Gasteiger partial charge in [0.1, 0.15) is 29.3 Å². The molecule has 0 saturated carbocycles. The largest absolute Gasteiger partial charge is 0.514 e. The van der Waals surface area contributed by atoms with Gasteiger partial charge in [0.05, 0.1) is 6.54 Å². The number of fused-ring (bicyclic) bond motifs is 1. The Morgan fingerprint density at radius 2 is 1.91 bits per heavy atom. The van der Waals surface area contributed by atoms with Crippen molar-refractivity contribution in [2.45, 2.75) is 53.1 Å². The summed E-state index contributed by atoms with van der Waals surface area (Å²) in [4.78, 5) is 28.4. The highest BCUT2D eigenvalue weighted by Crippen LogP contribution is 2.44. The molecular formula is C17H27N2O4+. The third-order valence-electron chi connectivity index (χ3n) is 5.23. The zero-order valence-corrected chi connectivity index (χ0v) is 14.8. The van der Waals surface area contributed by atoms with E-state index in [0.717, 1.165) is 11.3 Å². The van der Waals surface area contributed by atoms with Gasteiger partial charge in [0.2, 0.25) is 0 Å². The average Bonchev–Trinajstić information content (AvgIpc) is 2.73. The number of amides is 1. The number of aliphatic imine (C=N–C) groups is 1. The van der Waals surface area contributed by atoms with Crippen molar-refractivity contribution in [3.8, 4) is 0 Å². The van der Waals surface area contributed by atoms with Gasteiger partial charge in [0, 0.05) is 11.5 Å². The highest BCUT2D eigenvalue weighted by atomic mass is 16.4. The van der Waals surface area contributed by atoms with Crippen LogP contribution >= 0.6 is 0 Å². The van der Waals surface area contributed by atoms with Gasteiger partial charge < -0.3 is 10.2 Å². The van der Waals surface area contributed by atoms with E-state index in [-0.39, 0.29) is 29.5 Å². The van der Waals surface area contributed by atoms with Crippen molar-refractivity contribution in [3.63, 3.8) is 0 Å². The van der Waals surface area contributed by atoms with Gasteiger partial charge in [0.25, 0.3) is 0 Å². The summed E-state index contributed by atoms with van der Waals surface area (Å²) in [5, 5.41) is 19.5. The molecule has 0 aromatic carbocycles. The molecule has 6 nitrogen and oxygen atoms in total. The molecule has 0 aromatic rings. The molecule has 1 amide bonds. The molecule has 0 spiro atoms. The number of hydrogen-bond donors (Lipinski definition) is 2. The first-order chi connectivity index (χ1) is 10.4. The van der Waals surface area contributed by atoms with Gasteiger partial charge >= 0.3 is 12.1 Å². The molecule has 0 bridgehead atoms. The Morgan fingerprint density at radius 3 is 2.30 bits per heavy atom. The molecule has 0 aromatic heterocycles. The quantitative estimate of drug-likeness (QED) is 0.765. The molecule has 0 radical (unpaired) electrons.